The summed E-state index contributed by atoms with van der Waals surface area (Å²) in [7, 11) is 0. The molecule has 3 aliphatic rings. The number of esters is 1. The molecule has 98 valence electrons. The molecule has 2 heterocycles. The van der Waals surface area contributed by atoms with Crippen LogP contribution in [0.1, 0.15) is 26.2 Å². The molecule has 0 aromatic heterocycles. The molecule has 0 aromatic carbocycles. The highest BCUT2D eigenvalue weighted by Crippen LogP contribution is 2.41. The van der Waals surface area contributed by atoms with Crippen molar-refractivity contribution in [1.29, 1.82) is 0 Å². The van der Waals surface area contributed by atoms with Gasteiger partial charge in [0.15, 0.2) is 5.72 Å². The highest BCUT2D eigenvalue weighted by atomic mass is 19.4. The third-order valence-corrected chi connectivity index (χ3v) is 3.07. The van der Waals surface area contributed by atoms with Crippen LogP contribution < -0.4 is 5.32 Å². The van der Waals surface area contributed by atoms with E-state index in [1.165, 1.54) is 0 Å². The summed E-state index contributed by atoms with van der Waals surface area (Å²) in [5.74, 6) is -2.14. The summed E-state index contributed by atoms with van der Waals surface area (Å²) in [6.07, 6.45) is -3.63. The van der Waals surface area contributed by atoms with Gasteiger partial charge in [0, 0.05) is 25.5 Å². The van der Waals surface area contributed by atoms with Gasteiger partial charge < -0.3 is 9.47 Å². The van der Waals surface area contributed by atoms with Crippen molar-refractivity contribution in [3.63, 3.8) is 0 Å². The molecule has 17 heavy (non-hydrogen) atoms. The van der Waals surface area contributed by atoms with E-state index in [0.717, 1.165) is 6.42 Å². The molecule has 0 radical (unpaired) electrons. The van der Waals surface area contributed by atoms with E-state index in [2.05, 4.69) is 10.1 Å². The third kappa shape index (κ3) is 2.55. The molecule has 2 aliphatic heterocycles. The normalized spacial score (nSPS) is 36.2. The molecular weight excluding hydrogens is 239 g/mol. The third-order valence-electron chi connectivity index (χ3n) is 3.07. The van der Waals surface area contributed by atoms with Crippen LogP contribution >= 0.6 is 0 Å². The van der Waals surface area contributed by atoms with Crippen molar-refractivity contribution in [1.82, 2.24) is 5.32 Å². The van der Waals surface area contributed by atoms with E-state index >= 15 is 0 Å². The number of nitrogens with one attached hydrogen (secondary N) is 1. The summed E-state index contributed by atoms with van der Waals surface area (Å²) >= 11 is 0. The molecule has 1 aliphatic carbocycles. The number of hydrogen-bond donors (Lipinski definition) is 1. The number of fused-ring (bicyclic) bond motifs is 2. The van der Waals surface area contributed by atoms with Crippen LogP contribution in [-0.2, 0) is 14.3 Å². The van der Waals surface area contributed by atoms with Gasteiger partial charge in [0.2, 0.25) is 0 Å². The Hall–Kier alpha value is -0.820. The topological polar surface area (TPSA) is 47.6 Å². The van der Waals surface area contributed by atoms with Crippen LogP contribution in [0.25, 0.3) is 0 Å². The van der Waals surface area contributed by atoms with Gasteiger partial charge in [-0.2, -0.15) is 13.2 Å². The molecule has 3 atom stereocenters. The smallest absolute Gasteiger partial charge is 0.437 e. The first-order valence-corrected chi connectivity index (χ1v) is 5.54. The summed E-state index contributed by atoms with van der Waals surface area (Å²) in [5.41, 5.74) is -1.17. The first-order chi connectivity index (χ1) is 7.85. The zero-order chi connectivity index (χ0) is 12.7. The van der Waals surface area contributed by atoms with Gasteiger partial charge >= 0.3 is 12.1 Å². The van der Waals surface area contributed by atoms with Crippen LogP contribution in [0.15, 0.2) is 0 Å². The Balaban J connectivity index is 1.94. The molecule has 1 saturated carbocycles. The fourth-order valence-electron chi connectivity index (χ4n) is 2.51. The molecule has 4 nitrogen and oxygen atoms in total. The fraction of sp³-hybridized carbons (Fsp3) is 0.900. The van der Waals surface area contributed by atoms with Crippen molar-refractivity contribution in [2.45, 2.75) is 50.2 Å². The number of carbonyl (C=O) groups excluding carboxylic acids is 1. The van der Waals surface area contributed by atoms with Gasteiger partial charge in [-0.15, -0.1) is 0 Å². The predicted octanol–water partition coefficient (Wildman–Crippen LogP) is 1.35. The quantitative estimate of drug-likeness (QED) is 0.771. The minimum atomic E-state index is -4.94. The van der Waals surface area contributed by atoms with Crippen LogP contribution in [0.3, 0.4) is 0 Å². The van der Waals surface area contributed by atoms with E-state index in [9.17, 15) is 18.0 Å². The Morgan fingerprint density at radius 3 is 2.65 bits per heavy atom. The van der Waals surface area contributed by atoms with Crippen LogP contribution in [0.4, 0.5) is 13.2 Å². The molecule has 0 spiro atoms. The molecule has 2 bridgehead atoms. The van der Waals surface area contributed by atoms with E-state index in [1.807, 2.05) is 6.92 Å². The zero-order valence-electron chi connectivity index (χ0n) is 9.34. The number of carbonyl (C=O) groups is 1. The second kappa shape index (κ2) is 4.13. The number of halogens is 3. The number of hydrogen-bond acceptors (Lipinski definition) is 4. The minimum Gasteiger partial charge on any atom is -0.437 e. The summed E-state index contributed by atoms with van der Waals surface area (Å²) in [6, 6.07) is 0.0846. The van der Waals surface area contributed by atoms with Crippen molar-refractivity contribution >= 4 is 5.97 Å². The van der Waals surface area contributed by atoms with Gasteiger partial charge in [-0.25, -0.2) is 4.79 Å². The van der Waals surface area contributed by atoms with Gasteiger partial charge in [-0.05, 0) is 13.3 Å². The molecular formula is C10H14F3NO3. The van der Waals surface area contributed by atoms with E-state index in [-0.39, 0.29) is 18.6 Å². The number of ether oxygens (including phenoxy) is 2. The number of piperidine rings is 1. The van der Waals surface area contributed by atoms with E-state index < -0.39 is 17.9 Å². The van der Waals surface area contributed by atoms with Crippen LogP contribution in [0.5, 0.6) is 0 Å². The van der Waals surface area contributed by atoms with Crippen molar-refractivity contribution < 1.29 is 27.4 Å². The maximum Gasteiger partial charge on any atom is 0.490 e. The van der Waals surface area contributed by atoms with Gasteiger partial charge in [0.05, 0.1) is 6.10 Å². The summed E-state index contributed by atoms with van der Waals surface area (Å²) in [6.45, 7) is 2.32. The van der Waals surface area contributed by atoms with Crippen molar-refractivity contribution in [3.8, 4) is 0 Å². The van der Waals surface area contributed by atoms with Crippen LogP contribution in [0.2, 0.25) is 0 Å². The zero-order valence-corrected chi connectivity index (χ0v) is 9.34. The Morgan fingerprint density at radius 2 is 2.12 bits per heavy atom. The molecule has 2 saturated heterocycles. The standard InChI is InChI=1S/C10H14F3NO3/c1-2-16-7-3-6-4-9(5-7,14-6)17-8(15)10(11,12)13/h6-7,14H,2-5H2,1H3. The van der Waals surface area contributed by atoms with Crippen LogP contribution in [0, 0.1) is 0 Å². The van der Waals surface area contributed by atoms with Gasteiger partial charge in [0.1, 0.15) is 0 Å². The van der Waals surface area contributed by atoms with E-state index in [4.69, 9.17) is 4.74 Å². The summed E-state index contributed by atoms with van der Waals surface area (Å²) in [4.78, 5) is 10.8. The highest BCUT2D eigenvalue weighted by Gasteiger charge is 2.56. The van der Waals surface area contributed by atoms with Gasteiger partial charge in [0.25, 0.3) is 0 Å². The molecule has 7 heteroatoms. The number of alkyl halides is 3. The molecule has 0 aromatic rings. The minimum absolute atomic E-state index is 0.0846. The fourth-order valence-corrected chi connectivity index (χ4v) is 2.51. The van der Waals surface area contributed by atoms with Gasteiger partial charge in [-0.3, -0.25) is 5.32 Å². The Bertz CT molecular complexity index is 312. The van der Waals surface area contributed by atoms with Crippen LogP contribution in [-0.4, -0.2) is 36.6 Å². The lowest BCUT2D eigenvalue weighted by atomic mass is 9.77. The first-order valence-electron chi connectivity index (χ1n) is 5.54. The lowest BCUT2D eigenvalue weighted by Gasteiger charge is -2.54. The number of rotatable bonds is 3. The Kier molecular flexibility index (Phi) is 3.07. The maximum absolute atomic E-state index is 12.1. The summed E-state index contributed by atoms with van der Waals surface area (Å²) < 4.78 is 46.2. The average molecular weight is 253 g/mol. The predicted molar refractivity (Wildman–Crippen MR) is 51.1 cm³/mol. The van der Waals surface area contributed by atoms with Gasteiger partial charge in [-0.1, -0.05) is 0 Å². The highest BCUT2D eigenvalue weighted by molar-refractivity contribution is 5.76. The molecule has 3 rings (SSSR count). The second-order valence-corrected chi connectivity index (χ2v) is 4.44. The van der Waals surface area contributed by atoms with Crippen molar-refractivity contribution in [2.75, 3.05) is 6.61 Å². The average Bonchev–Trinajstić information content (AvgIpc) is 2.14. The Labute approximate surface area is 96.4 Å². The first kappa shape index (κ1) is 12.6. The van der Waals surface area contributed by atoms with Crippen molar-refractivity contribution in [3.05, 3.63) is 0 Å². The molecule has 3 fully saturated rings. The lowest BCUT2D eigenvalue weighted by molar-refractivity contribution is -0.242. The largest absolute Gasteiger partial charge is 0.490 e. The molecule has 0 amide bonds. The second-order valence-electron chi connectivity index (χ2n) is 4.44. The summed E-state index contributed by atoms with van der Waals surface area (Å²) in [5, 5.41) is 2.86. The SMILES string of the molecule is CCOC1CC2CC(OC(=O)C(F)(F)F)(C1)N2. The molecule has 1 N–H and O–H groups in total. The van der Waals surface area contributed by atoms with Crippen molar-refractivity contribution in [2.24, 2.45) is 0 Å². The lowest BCUT2D eigenvalue weighted by Crippen LogP contribution is -2.71. The monoisotopic (exact) mass is 253 g/mol. The maximum atomic E-state index is 12.1. The Morgan fingerprint density at radius 1 is 1.47 bits per heavy atom. The van der Waals surface area contributed by atoms with E-state index in [1.54, 1.807) is 0 Å². The van der Waals surface area contributed by atoms with E-state index in [0.29, 0.717) is 13.0 Å². The molecule has 3 unspecified atom stereocenters.